The van der Waals surface area contributed by atoms with Crippen LogP contribution in [0.3, 0.4) is 0 Å². The normalized spacial score (nSPS) is 12.7. The highest BCUT2D eigenvalue weighted by atomic mass is 79.9. The van der Waals surface area contributed by atoms with Crippen LogP contribution in [0.25, 0.3) is 10.9 Å². The molecule has 1 amide bonds. The van der Waals surface area contributed by atoms with Crippen molar-refractivity contribution in [2.45, 2.75) is 19.9 Å². The monoisotopic (exact) mass is 321 g/mol. The third-order valence-corrected chi connectivity index (χ3v) is 3.39. The van der Waals surface area contributed by atoms with Gasteiger partial charge in [0.2, 0.25) is 5.91 Å². The van der Waals surface area contributed by atoms with E-state index in [0.717, 1.165) is 15.4 Å². The molecule has 100 valence electrons. The molecule has 1 aromatic carbocycles. The summed E-state index contributed by atoms with van der Waals surface area (Å²) in [6, 6.07) is 7.10. The van der Waals surface area contributed by atoms with Gasteiger partial charge in [0.05, 0.1) is 17.2 Å². The Hall–Kier alpha value is -1.46. The highest BCUT2D eigenvalue weighted by molar-refractivity contribution is 9.10. The first-order valence-electron chi connectivity index (χ1n) is 6.09. The summed E-state index contributed by atoms with van der Waals surface area (Å²) >= 11 is 3.38. The number of nitrogens with two attached hydrogens (primary N) is 1. The minimum Gasteiger partial charge on any atom is -0.323 e. The number of carbonyl (C=O) groups is 1. The van der Waals surface area contributed by atoms with Gasteiger partial charge in [0.25, 0.3) is 0 Å². The average Bonchev–Trinajstić information content (AvgIpc) is 2.37. The predicted molar refractivity (Wildman–Crippen MR) is 80.9 cm³/mol. The molecule has 0 aliphatic heterocycles. The Bertz CT molecular complexity index is 613. The standard InChI is InChI=1S/C14H16BrN3O/c1-8(2)12(16)14(19)18-11-5-3-4-9-6-10(15)7-17-13(9)11/h3-8,12H,16H2,1-2H3,(H,18,19). The number of pyridine rings is 1. The van der Waals surface area contributed by atoms with Crippen LogP contribution in [-0.4, -0.2) is 16.9 Å². The zero-order valence-corrected chi connectivity index (χ0v) is 12.4. The second-order valence-corrected chi connectivity index (χ2v) is 5.71. The lowest BCUT2D eigenvalue weighted by molar-refractivity contribution is -0.118. The van der Waals surface area contributed by atoms with E-state index in [1.807, 2.05) is 38.1 Å². The Morgan fingerprint density at radius 1 is 1.42 bits per heavy atom. The highest BCUT2D eigenvalue weighted by Crippen LogP contribution is 2.24. The van der Waals surface area contributed by atoms with Crippen LogP contribution in [0.2, 0.25) is 0 Å². The van der Waals surface area contributed by atoms with Gasteiger partial charge in [-0.2, -0.15) is 0 Å². The molecule has 0 saturated carbocycles. The van der Waals surface area contributed by atoms with E-state index in [1.165, 1.54) is 0 Å². The van der Waals surface area contributed by atoms with Gasteiger partial charge in [-0.1, -0.05) is 26.0 Å². The fourth-order valence-electron chi connectivity index (χ4n) is 1.75. The van der Waals surface area contributed by atoms with Gasteiger partial charge in [-0.05, 0) is 34.0 Å². The number of hydrogen-bond donors (Lipinski definition) is 2. The minimum atomic E-state index is -0.522. The van der Waals surface area contributed by atoms with E-state index in [0.29, 0.717) is 5.69 Å². The third kappa shape index (κ3) is 3.11. The number of carbonyl (C=O) groups excluding carboxylic acids is 1. The molecule has 3 N–H and O–H groups in total. The van der Waals surface area contributed by atoms with Crippen LogP contribution in [0.15, 0.2) is 34.9 Å². The summed E-state index contributed by atoms with van der Waals surface area (Å²) in [5, 5.41) is 3.81. The van der Waals surface area contributed by atoms with Crippen molar-refractivity contribution >= 4 is 38.4 Å². The minimum absolute atomic E-state index is 0.0945. The summed E-state index contributed by atoms with van der Waals surface area (Å²) in [7, 11) is 0. The molecule has 0 saturated heterocycles. The molecular formula is C14H16BrN3O. The quantitative estimate of drug-likeness (QED) is 0.913. The van der Waals surface area contributed by atoms with Crippen molar-refractivity contribution < 1.29 is 4.79 Å². The van der Waals surface area contributed by atoms with Crippen molar-refractivity contribution in [1.29, 1.82) is 0 Å². The van der Waals surface area contributed by atoms with Gasteiger partial charge >= 0.3 is 0 Å². The number of para-hydroxylation sites is 1. The van der Waals surface area contributed by atoms with Crippen molar-refractivity contribution in [2.75, 3.05) is 5.32 Å². The Morgan fingerprint density at radius 2 is 2.16 bits per heavy atom. The fraction of sp³-hybridized carbons (Fsp3) is 0.286. The van der Waals surface area contributed by atoms with Crippen molar-refractivity contribution in [3.8, 4) is 0 Å². The summed E-state index contributed by atoms with van der Waals surface area (Å²) in [4.78, 5) is 16.3. The lowest BCUT2D eigenvalue weighted by Crippen LogP contribution is -2.39. The van der Waals surface area contributed by atoms with Gasteiger partial charge < -0.3 is 11.1 Å². The molecule has 1 atom stereocenters. The zero-order chi connectivity index (χ0) is 14.0. The SMILES string of the molecule is CC(C)C(N)C(=O)Nc1cccc2cc(Br)cnc12. The number of anilines is 1. The first-order chi connectivity index (χ1) is 8.99. The average molecular weight is 322 g/mol. The number of fused-ring (bicyclic) bond motifs is 1. The fourth-order valence-corrected chi connectivity index (χ4v) is 2.10. The van der Waals surface area contributed by atoms with E-state index < -0.39 is 6.04 Å². The molecule has 1 unspecified atom stereocenters. The number of benzene rings is 1. The van der Waals surface area contributed by atoms with E-state index in [-0.39, 0.29) is 11.8 Å². The number of rotatable bonds is 3. The maximum atomic E-state index is 12.0. The largest absolute Gasteiger partial charge is 0.323 e. The molecule has 0 radical (unpaired) electrons. The van der Waals surface area contributed by atoms with Gasteiger partial charge in [-0.3, -0.25) is 9.78 Å². The Kier molecular flexibility index (Phi) is 4.17. The van der Waals surface area contributed by atoms with Gasteiger partial charge in [-0.25, -0.2) is 0 Å². The molecule has 2 rings (SSSR count). The number of hydrogen-bond acceptors (Lipinski definition) is 3. The molecular weight excluding hydrogens is 306 g/mol. The molecule has 0 bridgehead atoms. The molecule has 1 aromatic heterocycles. The molecule has 0 fully saturated rings. The molecule has 4 nitrogen and oxygen atoms in total. The number of amides is 1. The second-order valence-electron chi connectivity index (χ2n) is 4.79. The van der Waals surface area contributed by atoms with Crippen molar-refractivity contribution in [3.63, 3.8) is 0 Å². The van der Waals surface area contributed by atoms with Crippen molar-refractivity contribution in [3.05, 3.63) is 34.9 Å². The van der Waals surface area contributed by atoms with Crippen LogP contribution < -0.4 is 11.1 Å². The first kappa shape index (κ1) is 14.0. The highest BCUT2D eigenvalue weighted by Gasteiger charge is 2.18. The molecule has 1 heterocycles. The molecule has 19 heavy (non-hydrogen) atoms. The predicted octanol–water partition coefficient (Wildman–Crippen LogP) is 2.92. The maximum Gasteiger partial charge on any atom is 0.241 e. The lowest BCUT2D eigenvalue weighted by atomic mass is 10.0. The summed E-state index contributed by atoms with van der Waals surface area (Å²) < 4.78 is 0.905. The Morgan fingerprint density at radius 3 is 2.84 bits per heavy atom. The molecule has 2 aromatic rings. The summed E-state index contributed by atoms with van der Waals surface area (Å²) in [5.74, 6) is -0.0932. The Balaban J connectivity index is 2.33. The van der Waals surface area contributed by atoms with Gasteiger partial charge in [-0.15, -0.1) is 0 Å². The van der Waals surface area contributed by atoms with Crippen LogP contribution in [0.4, 0.5) is 5.69 Å². The third-order valence-electron chi connectivity index (χ3n) is 2.96. The number of aromatic nitrogens is 1. The Labute approximate surface area is 120 Å². The maximum absolute atomic E-state index is 12.0. The molecule has 0 spiro atoms. The second kappa shape index (κ2) is 5.67. The van der Waals surface area contributed by atoms with Gasteiger partial charge in [0.1, 0.15) is 0 Å². The summed E-state index contributed by atoms with van der Waals surface area (Å²) in [6.45, 7) is 3.84. The van der Waals surface area contributed by atoms with E-state index in [9.17, 15) is 4.79 Å². The lowest BCUT2D eigenvalue weighted by Gasteiger charge is -2.16. The zero-order valence-electron chi connectivity index (χ0n) is 10.9. The van der Waals surface area contributed by atoms with E-state index in [2.05, 4.69) is 26.2 Å². The van der Waals surface area contributed by atoms with E-state index in [4.69, 9.17) is 5.73 Å². The number of nitrogens with zero attached hydrogens (tertiary/aromatic N) is 1. The molecule has 0 aliphatic rings. The molecule has 5 heteroatoms. The van der Waals surface area contributed by atoms with Gasteiger partial charge in [0, 0.05) is 16.1 Å². The number of nitrogens with one attached hydrogen (secondary N) is 1. The van der Waals surface area contributed by atoms with E-state index in [1.54, 1.807) is 6.20 Å². The smallest absolute Gasteiger partial charge is 0.241 e. The summed E-state index contributed by atoms with van der Waals surface area (Å²) in [5.41, 5.74) is 7.28. The number of halogens is 1. The van der Waals surface area contributed by atoms with Gasteiger partial charge in [0.15, 0.2) is 0 Å². The van der Waals surface area contributed by atoms with Crippen LogP contribution >= 0.6 is 15.9 Å². The first-order valence-corrected chi connectivity index (χ1v) is 6.89. The van der Waals surface area contributed by atoms with Crippen molar-refractivity contribution in [2.24, 2.45) is 11.7 Å². The van der Waals surface area contributed by atoms with Crippen molar-refractivity contribution in [1.82, 2.24) is 4.98 Å². The van der Waals surface area contributed by atoms with E-state index >= 15 is 0 Å². The summed E-state index contributed by atoms with van der Waals surface area (Å²) in [6.07, 6.45) is 1.71. The van der Waals surface area contributed by atoms with Crippen LogP contribution in [0.5, 0.6) is 0 Å². The van der Waals surface area contributed by atoms with Crippen LogP contribution in [-0.2, 0) is 4.79 Å². The van der Waals surface area contributed by atoms with Crippen LogP contribution in [0.1, 0.15) is 13.8 Å². The molecule has 0 aliphatic carbocycles. The van der Waals surface area contributed by atoms with Crippen LogP contribution in [0, 0.1) is 5.92 Å². The topological polar surface area (TPSA) is 68.0 Å².